The summed E-state index contributed by atoms with van der Waals surface area (Å²) in [4.78, 5) is 35.1. The number of unbranched alkanes of at least 4 members (excludes halogenated alkanes) is 11. The number of ether oxygens (including phenoxy) is 2. The Bertz CT molecular complexity index is 1410. The standard InChI is InChI=1S/C52H85O10P/c1-3-5-7-9-11-13-15-17-19-21-23-24-26-27-29-31-33-35-37-39-41-43-51(55)59-47-50(48-61-63(57,58)60-46-49(54)45-53)62-52(56)44-42-40-38-36-34-32-30-28-25-22-20-18-16-14-12-10-8-6-4-2/h5-8,11-14,17-20,23-25,28,32,34,49-50,53-54H,3-4,9-10,15-16,21-22,26-27,29-31,33,35-48H2,1-2H3,(H,57,58)/b7-5-,8-6-,13-11-,14-12-,19-17-,20-18-,24-23-,28-25-,34-32-. The SMILES string of the molecule is CC/C=C\C/C=C\C/C=C\C/C=C\C/C=C\CCCCCC(=O)OC(COC(=O)CCCCCCCCCC/C=C\C/C=C\C/C=C\C/C=C\CC)COP(=O)(O)OCC(O)CO. The summed E-state index contributed by atoms with van der Waals surface area (Å²) in [5, 5.41) is 18.4. The van der Waals surface area contributed by atoms with E-state index < -0.39 is 51.8 Å². The highest BCUT2D eigenvalue weighted by Gasteiger charge is 2.27. The van der Waals surface area contributed by atoms with Gasteiger partial charge in [0.05, 0.1) is 19.8 Å². The van der Waals surface area contributed by atoms with Crippen LogP contribution in [-0.4, -0.2) is 65.7 Å². The largest absolute Gasteiger partial charge is 0.472 e. The van der Waals surface area contributed by atoms with Crippen molar-refractivity contribution in [1.82, 2.24) is 0 Å². The number of aliphatic hydroxyl groups excluding tert-OH is 2. The van der Waals surface area contributed by atoms with Gasteiger partial charge in [0.25, 0.3) is 0 Å². The molecular weight excluding hydrogens is 816 g/mol. The second-order valence-electron chi connectivity index (χ2n) is 15.4. The van der Waals surface area contributed by atoms with Gasteiger partial charge in [-0.2, -0.15) is 0 Å². The van der Waals surface area contributed by atoms with Gasteiger partial charge in [0.15, 0.2) is 6.10 Å². The van der Waals surface area contributed by atoms with E-state index in [1.54, 1.807) is 0 Å². The third-order valence-corrected chi connectivity index (χ3v) is 10.4. The molecule has 0 aromatic rings. The van der Waals surface area contributed by atoms with Gasteiger partial charge in [-0.25, -0.2) is 4.57 Å². The molecule has 0 saturated carbocycles. The van der Waals surface area contributed by atoms with Gasteiger partial charge in [-0.1, -0.05) is 168 Å². The number of hydrogen-bond donors (Lipinski definition) is 3. The van der Waals surface area contributed by atoms with Crippen molar-refractivity contribution >= 4 is 19.8 Å². The van der Waals surface area contributed by atoms with Crippen LogP contribution in [0, 0.1) is 0 Å². The van der Waals surface area contributed by atoms with E-state index in [9.17, 15) is 24.2 Å². The number of hydrogen-bond acceptors (Lipinski definition) is 9. The monoisotopic (exact) mass is 901 g/mol. The number of phosphoric ester groups is 1. The van der Waals surface area contributed by atoms with Crippen LogP contribution in [0.15, 0.2) is 109 Å². The van der Waals surface area contributed by atoms with Gasteiger partial charge in [-0.05, 0) is 96.3 Å². The number of rotatable bonds is 43. The fraction of sp³-hybridized carbons (Fsp3) is 0.615. The van der Waals surface area contributed by atoms with Crippen LogP contribution < -0.4 is 0 Å². The highest BCUT2D eigenvalue weighted by atomic mass is 31.2. The number of esters is 2. The Hall–Kier alpha value is -3.37. The molecule has 11 heteroatoms. The molecule has 0 saturated heterocycles. The minimum Gasteiger partial charge on any atom is -0.462 e. The normalized spacial score (nSPS) is 14.7. The van der Waals surface area contributed by atoms with Crippen LogP contribution in [0.25, 0.3) is 0 Å². The van der Waals surface area contributed by atoms with E-state index in [4.69, 9.17) is 23.6 Å². The minimum atomic E-state index is -4.64. The van der Waals surface area contributed by atoms with Crippen molar-refractivity contribution in [1.29, 1.82) is 0 Å². The Morgan fingerprint density at radius 2 is 0.825 bits per heavy atom. The van der Waals surface area contributed by atoms with E-state index in [0.717, 1.165) is 103 Å². The van der Waals surface area contributed by atoms with Crippen molar-refractivity contribution in [2.45, 2.75) is 180 Å². The van der Waals surface area contributed by atoms with Crippen LogP contribution in [0.3, 0.4) is 0 Å². The van der Waals surface area contributed by atoms with Crippen LogP contribution in [0.2, 0.25) is 0 Å². The van der Waals surface area contributed by atoms with E-state index in [-0.39, 0.29) is 19.4 Å². The van der Waals surface area contributed by atoms with Gasteiger partial charge in [0.1, 0.15) is 12.7 Å². The molecule has 10 nitrogen and oxygen atoms in total. The number of allylic oxidation sites excluding steroid dienone is 18. The van der Waals surface area contributed by atoms with E-state index in [0.29, 0.717) is 12.8 Å². The summed E-state index contributed by atoms with van der Waals surface area (Å²) in [5.41, 5.74) is 0. The summed E-state index contributed by atoms with van der Waals surface area (Å²) in [6.07, 6.45) is 59.1. The van der Waals surface area contributed by atoms with Crippen molar-refractivity contribution in [2.75, 3.05) is 26.4 Å². The topological polar surface area (TPSA) is 149 Å². The predicted molar refractivity (Wildman–Crippen MR) is 260 cm³/mol. The Kier molecular flexibility index (Phi) is 44.1. The fourth-order valence-electron chi connectivity index (χ4n) is 5.83. The van der Waals surface area contributed by atoms with Gasteiger partial charge < -0.3 is 24.6 Å². The van der Waals surface area contributed by atoms with E-state index in [1.807, 2.05) is 0 Å². The molecule has 0 radical (unpaired) electrons. The maximum Gasteiger partial charge on any atom is 0.472 e. The summed E-state index contributed by atoms with van der Waals surface area (Å²) >= 11 is 0. The molecule has 0 rings (SSSR count). The summed E-state index contributed by atoms with van der Waals surface area (Å²) < 4.78 is 32.8. The number of carbonyl (C=O) groups excluding carboxylic acids is 2. The van der Waals surface area contributed by atoms with Crippen molar-refractivity contribution in [2.24, 2.45) is 0 Å². The second kappa shape index (κ2) is 46.6. The van der Waals surface area contributed by atoms with E-state index in [1.165, 1.54) is 25.7 Å². The molecule has 0 aliphatic carbocycles. The molecule has 0 aromatic heterocycles. The van der Waals surface area contributed by atoms with E-state index >= 15 is 0 Å². The van der Waals surface area contributed by atoms with Crippen LogP contribution >= 0.6 is 7.82 Å². The predicted octanol–water partition coefficient (Wildman–Crippen LogP) is 13.3. The van der Waals surface area contributed by atoms with Crippen molar-refractivity contribution < 1.29 is 47.8 Å². The fourth-order valence-corrected chi connectivity index (χ4v) is 6.62. The third-order valence-electron chi connectivity index (χ3n) is 9.42. The molecule has 3 atom stereocenters. The Morgan fingerprint density at radius 1 is 0.476 bits per heavy atom. The van der Waals surface area contributed by atoms with E-state index in [2.05, 4.69) is 123 Å². The lowest BCUT2D eigenvalue weighted by molar-refractivity contribution is -0.161. The molecule has 0 fully saturated rings. The van der Waals surface area contributed by atoms with Crippen molar-refractivity contribution in [3.8, 4) is 0 Å². The van der Waals surface area contributed by atoms with Gasteiger partial charge in [0, 0.05) is 12.8 Å². The van der Waals surface area contributed by atoms with Crippen LogP contribution in [0.4, 0.5) is 0 Å². The first-order valence-electron chi connectivity index (χ1n) is 23.8. The molecule has 0 aromatic carbocycles. The molecular formula is C52H85O10P. The quantitative estimate of drug-likeness (QED) is 0.0234. The van der Waals surface area contributed by atoms with Crippen LogP contribution in [-0.2, 0) is 32.7 Å². The Balaban J connectivity index is 4.33. The highest BCUT2D eigenvalue weighted by Crippen LogP contribution is 2.43. The molecule has 0 aliphatic heterocycles. The lowest BCUT2D eigenvalue weighted by Gasteiger charge is -2.20. The molecule has 3 unspecified atom stereocenters. The lowest BCUT2D eigenvalue weighted by atomic mass is 10.1. The highest BCUT2D eigenvalue weighted by molar-refractivity contribution is 7.47. The maximum absolute atomic E-state index is 12.7. The smallest absolute Gasteiger partial charge is 0.462 e. The summed E-state index contributed by atoms with van der Waals surface area (Å²) in [6, 6.07) is 0. The average Bonchev–Trinajstić information content (AvgIpc) is 3.27. The Labute approximate surface area is 382 Å². The van der Waals surface area contributed by atoms with Gasteiger partial charge in [0.2, 0.25) is 0 Å². The third kappa shape index (κ3) is 46.4. The van der Waals surface area contributed by atoms with Gasteiger partial charge in [-0.3, -0.25) is 18.6 Å². The Morgan fingerprint density at radius 3 is 1.25 bits per heavy atom. The molecule has 0 spiro atoms. The van der Waals surface area contributed by atoms with Crippen molar-refractivity contribution in [3.63, 3.8) is 0 Å². The zero-order valence-corrected chi connectivity index (χ0v) is 39.9. The summed E-state index contributed by atoms with van der Waals surface area (Å²) in [6.45, 7) is 2.09. The second-order valence-corrected chi connectivity index (χ2v) is 16.8. The molecule has 0 amide bonds. The lowest BCUT2D eigenvalue weighted by Crippen LogP contribution is -2.29. The first-order chi connectivity index (χ1) is 30.7. The molecule has 0 aliphatic rings. The molecule has 0 heterocycles. The van der Waals surface area contributed by atoms with Crippen molar-refractivity contribution in [3.05, 3.63) is 109 Å². The first-order valence-corrected chi connectivity index (χ1v) is 25.3. The summed E-state index contributed by atoms with van der Waals surface area (Å²) in [7, 11) is -4.64. The molecule has 358 valence electrons. The number of phosphoric acid groups is 1. The number of carbonyl (C=O) groups is 2. The van der Waals surface area contributed by atoms with Gasteiger partial charge >= 0.3 is 19.8 Å². The summed E-state index contributed by atoms with van der Waals surface area (Å²) in [5.74, 6) is -0.981. The molecule has 0 bridgehead atoms. The van der Waals surface area contributed by atoms with Crippen LogP contribution in [0.1, 0.15) is 168 Å². The van der Waals surface area contributed by atoms with Crippen LogP contribution in [0.5, 0.6) is 0 Å². The zero-order chi connectivity index (χ0) is 46.2. The molecule has 3 N–H and O–H groups in total. The molecule has 63 heavy (non-hydrogen) atoms. The first kappa shape index (κ1) is 59.6. The minimum absolute atomic E-state index is 0.136. The van der Waals surface area contributed by atoms with Gasteiger partial charge in [-0.15, -0.1) is 0 Å². The maximum atomic E-state index is 12.7. The zero-order valence-electron chi connectivity index (χ0n) is 39.0. The number of aliphatic hydroxyl groups is 2. The average molecular weight is 901 g/mol.